The summed E-state index contributed by atoms with van der Waals surface area (Å²) < 4.78 is 0. The van der Waals surface area contributed by atoms with Crippen LogP contribution in [0.2, 0.25) is 0 Å². The molecule has 0 aromatic heterocycles. The molecule has 0 heterocycles. The van der Waals surface area contributed by atoms with Gasteiger partial charge < -0.3 is 11.1 Å². The third-order valence-electron chi connectivity index (χ3n) is 2.27. The van der Waals surface area contributed by atoms with E-state index >= 15 is 0 Å². The number of amides is 1. The highest BCUT2D eigenvalue weighted by molar-refractivity contribution is 5.79. The number of nitrogens with two attached hydrogens (primary N) is 1. The molecule has 0 atom stereocenters. The van der Waals surface area contributed by atoms with Crippen LogP contribution in [0.3, 0.4) is 0 Å². The van der Waals surface area contributed by atoms with E-state index in [0.29, 0.717) is 24.9 Å². The Kier molecular flexibility index (Phi) is 4.79. The van der Waals surface area contributed by atoms with Gasteiger partial charge in [-0.15, -0.1) is 0 Å². The highest BCUT2D eigenvalue weighted by Gasteiger charge is 2.13. The number of benzene rings is 1. The van der Waals surface area contributed by atoms with Crippen molar-refractivity contribution < 1.29 is 14.5 Å². The number of nitro benzene ring substituents is 1. The molecule has 0 unspecified atom stereocenters. The van der Waals surface area contributed by atoms with Gasteiger partial charge in [0.05, 0.1) is 4.92 Å². The molecule has 0 spiro atoms. The lowest BCUT2D eigenvalue weighted by molar-refractivity contribution is -0.384. The molecule has 0 radical (unpaired) electrons. The number of carbonyl (C=O) groups is 2. The summed E-state index contributed by atoms with van der Waals surface area (Å²) in [4.78, 5) is 31.3. The number of nitrogens with one attached hydrogen (secondary N) is 1. The van der Waals surface area contributed by atoms with Crippen molar-refractivity contribution in [3.8, 4) is 0 Å². The summed E-state index contributed by atoms with van der Waals surface area (Å²) in [6, 6.07) is 4.14. The molecule has 7 heteroatoms. The number of carbonyl (C=O) groups excluding carboxylic acids is 2. The lowest BCUT2D eigenvalue weighted by atomic mass is 10.2. The van der Waals surface area contributed by atoms with Gasteiger partial charge in [0.2, 0.25) is 5.91 Å². The Morgan fingerprint density at radius 2 is 2.22 bits per heavy atom. The molecule has 0 aliphatic rings. The third-order valence-corrected chi connectivity index (χ3v) is 2.27. The molecule has 1 amide bonds. The van der Waals surface area contributed by atoms with Crippen LogP contribution in [0.1, 0.15) is 23.2 Å². The monoisotopic (exact) mass is 251 g/mol. The van der Waals surface area contributed by atoms with E-state index in [1.165, 1.54) is 18.2 Å². The largest absolute Gasteiger partial charge is 0.379 e. The summed E-state index contributed by atoms with van der Waals surface area (Å²) >= 11 is 0. The van der Waals surface area contributed by atoms with Crippen LogP contribution in [0.25, 0.3) is 0 Å². The van der Waals surface area contributed by atoms with Crippen molar-refractivity contribution in [1.82, 2.24) is 0 Å². The van der Waals surface area contributed by atoms with Crippen molar-refractivity contribution in [1.29, 1.82) is 0 Å². The smallest absolute Gasteiger partial charge is 0.293 e. The Morgan fingerprint density at radius 1 is 1.50 bits per heavy atom. The minimum absolute atomic E-state index is 0.168. The van der Waals surface area contributed by atoms with Gasteiger partial charge in [0.1, 0.15) is 12.0 Å². The van der Waals surface area contributed by atoms with Gasteiger partial charge in [0.25, 0.3) is 5.69 Å². The van der Waals surface area contributed by atoms with Gasteiger partial charge in [-0.25, -0.2) is 0 Å². The number of primary amides is 1. The van der Waals surface area contributed by atoms with Gasteiger partial charge in [-0.05, 0) is 18.6 Å². The Bertz CT molecular complexity index is 473. The van der Waals surface area contributed by atoms with Gasteiger partial charge in [0, 0.05) is 24.6 Å². The van der Waals surface area contributed by atoms with Crippen LogP contribution >= 0.6 is 0 Å². The Hall–Kier alpha value is -2.44. The lowest BCUT2D eigenvalue weighted by Crippen LogP contribution is -2.13. The predicted octanol–water partition coefficient (Wildman–Crippen LogP) is 1.08. The van der Waals surface area contributed by atoms with Crippen molar-refractivity contribution in [3.63, 3.8) is 0 Å². The van der Waals surface area contributed by atoms with Gasteiger partial charge in [0.15, 0.2) is 0 Å². The number of nitro groups is 1. The van der Waals surface area contributed by atoms with Crippen LogP contribution in [0.5, 0.6) is 0 Å². The van der Waals surface area contributed by atoms with Crippen LogP contribution in [0.4, 0.5) is 11.4 Å². The molecule has 0 saturated carbocycles. The summed E-state index contributed by atoms with van der Waals surface area (Å²) in [7, 11) is 0. The first-order valence-electron chi connectivity index (χ1n) is 5.30. The first kappa shape index (κ1) is 13.6. The molecular weight excluding hydrogens is 238 g/mol. The molecule has 0 aliphatic heterocycles. The zero-order chi connectivity index (χ0) is 13.5. The van der Waals surface area contributed by atoms with Crippen LogP contribution in [0.15, 0.2) is 18.2 Å². The fraction of sp³-hybridized carbons (Fsp3) is 0.273. The Morgan fingerprint density at radius 3 is 2.78 bits per heavy atom. The van der Waals surface area contributed by atoms with E-state index in [-0.39, 0.29) is 17.7 Å². The van der Waals surface area contributed by atoms with E-state index in [1.807, 2.05) is 0 Å². The molecule has 1 aromatic carbocycles. The van der Waals surface area contributed by atoms with Crippen LogP contribution in [0, 0.1) is 10.1 Å². The van der Waals surface area contributed by atoms with E-state index in [1.54, 1.807) is 0 Å². The average molecular weight is 251 g/mol. The van der Waals surface area contributed by atoms with Crippen molar-refractivity contribution in [2.45, 2.75) is 12.8 Å². The maximum Gasteiger partial charge on any atom is 0.293 e. The fourth-order valence-electron chi connectivity index (χ4n) is 1.41. The summed E-state index contributed by atoms with van der Waals surface area (Å²) in [5, 5.41) is 13.6. The number of rotatable bonds is 7. The maximum atomic E-state index is 10.8. The third kappa shape index (κ3) is 3.85. The predicted molar refractivity (Wildman–Crippen MR) is 65.4 cm³/mol. The van der Waals surface area contributed by atoms with Gasteiger partial charge in [-0.3, -0.25) is 19.7 Å². The molecule has 0 aliphatic carbocycles. The zero-order valence-electron chi connectivity index (χ0n) is 9.59. The SMILES string of the molecule is NC(=O)CCCNc1ccc(C=O)cc1[N+](=O)[O-]. The van der Waals surface area contributed by atoms with E-state index in [2.05, 4.69) is 5.32 Å². The first-order valence-corrected chi connectivity index (χ1v) is 5.30. The van der Waals surface area contributed by atoms with Gasteiger partial charge in [-0.1, -0.05) is 0 Å². The van der Waals surface area contributed by atoms with Gasteiger partial charge in [-0.2, -0.15) is 0 Å². The minimum Gasteiger partial charge on any atom is -0.379 e. The molecule has 7 nitrogen and oxygen atoms in total. The van der Waals surface area contributed by atoms with Crippen molar-refractivity contribution in [2.24, 2.45) is 5.73 Å². The lowest BCUT2D eigenvalue weighted by Gasteiger charge is -2.06. The fourth-order valence-corrected chi connectivity index (χ4v) is 1.41. The van der Waals surface area contributed by atoms with E-state index in [9.17, 15) is 19.7 Å². The quantitative estimate of drug-likeness (QED) is 0.325. The normalized spacial score (nSPS) is 9.78. The zero-order valence-corrected chi connectivity index (χ0v) is 9.59. The molecule has 3 N–H and O–H groups in total. The average Bonchev–Trinajstić information content (AvgIpc) is 2.34. The summed E-state index contributed by atoms with van der Waals surface area (Å²) in [6.45, 7) is 0.393. The van der Waals surface area contributed by atoms with Crippen molar-refractivity contribution >= 4 is 23.6 Å². The highest BCUT2D eigenvalue weighted by Crippen LogP contribution is 2.24. The molecular formula is C11H13N3O4. The second-order valence-electron chi connectivity index (χ2n) is 3.65. The van der Waals surface area contributed by atoms with Crippen LogP contribution in [-0.4, -0.2) is 23.7 Å². The van der Waals surface area contributed by atoms with Crippen LogP contribution in [-0.2, 0) is 4.79 Å². The summed E-state index contributed by atoms with van der Waals surface area (Å²) in [5.74, 6) is -0.414. The van der Waals surface area contributed by atoms with E-state index in [4.69, 9.17) is 5.73 Å². The second-order valence-corrected chi connectivity index (χ2v) is 3.65. The molecule has 0 bridgehead atoms. The summed E-state index contributed by atoms with van der Waals surface area (Å²) in [5.41, 5.74) is 5.36. The Labute approximate surface area is 103 Å². The number of hydrogen-bond acceptors (Lipinski definition) is 5. The maximum absolute atomic E-state index is 10.8. The van der Waals surface area contributed by atoms with Crippen molar-refractivity contribution in [3.05, 3.63) is 33.9 Å². The number of hydrogen-bond donors (Lipinski definition) is 2. The van der Waals surface area contributed by atoms with Crippen molar-refractivity contribution in [2.75, 3.05) is 11.9 Å². The minimum atomic E-state index is -0.566. The molecule has 1 aromatic rings. The van der Waals surface area contributed by atoms with E-state index < -0.39 is 10.8 Å². The number of aldehydes is 1. The topological polar surface area (TPSA) is 115 Å². The first-order chi connectivity index (χ1) is 8.54. The Balaban J connectivity index is 2.72. The number of nitrogens with zero attached hydrogens (tertiary/aromatic N) is 1. The molecule has 0 fully saturated rings. The number of anilines is 1. The van der Waals surface area contributed by atoms with E-state index in [0.717, 1.165) is 0 Å². The van der Waals surface area contributed by atoms with Gasteiger partial charge >= 0.3 is 0 Å². The highest BCUT2D eigenvalue weighted by atomic mass is 16.6. The molecule has 96 valence electrons. The summed E-state index contributed by atoms with van der Waals surface area (Å²) in [6.07, 6.45) is 1.25. The molecule has 18 heavy (non-hydrogen) atoms. The molecule has 0 saturated heterocycles. The van der Waals surface area contributed by atoms with Crippen LogP contribution < -0.4 is 11.1 Å². The molecule has 1 rings (SSSR count). The standard InChI is InChI=1S/C11H13N3O4/c12-11(16)2-1-5-13-9-4-3-8(7-15)6-10(9)14(17)18/h3-4,6-7,13H,1-2,5H2,(H2,12,16). The second kappa shape index (κ2) is 6.33.